The van der Waals surface area contributed by atoms with Gasteiger partial charge in [-0.3, -0.25) is 4.79 Å². The fourth-order valence-electron chi connectivity index (χ4n) is 2.10. The number of aliphatic hydroxyl groups is 1. The highest BCUT2D eigenvalue weighted by molar-refractivity contribution is 6.03. The predicted octanol–water partition coefficient (Wildman–Crippen LogP) is 2.57. The number of benzene rings is 1. The van der Waals surface area contributed by atoms with Gasteiger partial charge in [0.15, 0.2) is 5.78 Å². The van der Waals surface area contributed by atoms with E-state index in [0.717, 1.165) is 29.5 Å². The van der Waals surface area contributed by atoms with Gasteiger partial charge in [0, 0.05) is 5.56 Å². The van der Waals surface area contributed by atoms with Crippen molar-refractivity contribution in [3.63, 3.8) is 0 Å². The molecular weight excluding hydrogens is 200 g/mol. The Balaban J connectivity index is 2.41. The highest BCUT2D eigenvalue weighted by Crippen LogP contribution is 2.48. The molecule has 0 bridgehead atoms. The predicted molar refractivity (Wildman–Crippen MR) is 63.7 cm³/mol. The summed E-state index contributed by atoms with van der Waals surface area (Å²) in [6.45, 7) is 6.02. The Hall–Kier alpha value is -1.15. The second kappa shape index (κ2) is 3.70. The number of aryl methyl sites for hydroxylation is 3. The largest absolute Gasteiger partial charge is 0.395 e. The van der Waals surface area contributed by atoms with Crippen LogP contribution in [0.25, 0.3) is 0 Å². The maximum Gasteiger partial charge on any atom is 0.171 e. The van der Waals surface area contributed by atoms with E-state index in [0.29, 0.717) is 0 Å². The average molecular weight is 218 g/mol. The van der Waals surface area contributed by atoms with Crippen molar-refractivity contribution in [2.75, 3.05) is 6.61 Å². The Morgan fingerprint density at radius 1 is 1.19 bits per heavy atom. The van der Waals surface area contributed by atoms with Gasteiger partial charge in [-0.2, -0.15) is 0 Å². The summed E-state index contributed by atoms with van der Waals surface area (Å²) in [6, 6.07) is 4.01. The normalized spacial score (nSPS) is 17.2. The van der Waals surface area contributed by atoms with E-state index in [1.807, 2.05) is 19.9 Å². The molecule has 1 aromatic rings. The fraction of sp³-hybridized carbons (Fsp3) is 0.500. The molecule has 0 saturated heterocycles. The van der Waals surface area contributed by atoms with Gasteiger partial charge in [0.25, 0.3) is 0 Å². The van der Waals surface area contributed by atoms with Crippen molar-refractivity contribution in [3.8, 4) is 0 Å². The van der Waals surface area contributed by atoms with Crippen LogP contribution in [0.5, 0.6) is 0 Å². The molecule has 0 aromatic heterocycles. The molecular formula is C14H18O2. The van der Waals surface area contributed by atoms with Gasteiger partial charge >= 0.3 is 0 Å². The van der Waals surface area contributed by atoms with Gasteiger partial charge in [-0.25, -0.2) is 0 Å². The van der Waals surface area contributed by atoms with E-state index in [1.54, 1.807) is 0 Å². The van der Waals surface area contributed by atoms with Gasteiger partial charge in [0.2, 0.25) is 0 Å². The number of hydrogen-bond acceptors (Lipinski definition) is 2. The molecule has 1 saturated carbocycles. The minimum absolute atomic E-state index is 0.0157. The summed E-state index contributed by atoms with van der Waals surface area (Å²) in [5, 5.41) is 9.28. The molecule has 0 aliphatic heterocycles. The fourth-order valence-corrected chi connectivity index (χ4v) is 2.10. The minimum Gasteiger partial charge on any atom is -0.395 e. The molecule has 2 heteroatoms. The van der Waals surface area contributed by atoms with E-state index < -0.39 is 5.41 Å². The molecule has 1 N–H and O–H groups in total. The molecule has 0 spiro atoms. The lowest BCUT2D eigenvalue weighted by Crippen LogP contribution is -2.21. The molecule has 2 nitrogen and oxygen atoms in total. The number of aliphatic hydroxyl groups excluding tert-OH is 1. The van der Waals surface area contributed by atoms with Gasteiger partial charge in [-0.15, -0.1) is 0 Å². The number of carbonyl (C=O) groups is 1. The second-order valence-corrected chi connectivity index (χ2v) is 5.02. The van der Waals surface area contributed by atoms with Crippen molar-refractivity contribution >= 4 is 5.78 Å². The highest BCUT2D eigenvalue weighted by Gasteiger charge is 2.49. The van der Waals surface area contributed by atoms with E-state index in [-0.39, 0.29) is 12.4 Å². The molecule has 2 rings (SSSR count). The van der Waals surface area contributed by atoms with Crippen molar-refractivity contribution in [1.82, 2.24) is 0 Å². The molecule has 1 aliphatic carbocycles. The van der Waals surface area contributed by atoms with Crippen molar-refractivity contribution in [2.24, 2.45) is 5.41 Å². The molecule has 0 atom stereocenters. The van der Waals surface area contributed by atoms with Crippen LogP contribution >= 0.6 is 0 Å². The molecule has 1 aromatic carbocycles. The zero-order valence-electron chi connectivity index (χ0n) is 10.1. The number of hydrogen-bond donors (Lipinski definition) is 1. The zero-order valence-corrected chi connectivity index (χ0v) is 10.1. The smallest absolute Gasteiger partial charge is 0.171 e. The van der Waals surface area contributed by atoms with Crippen molar-refractivity contribution < 1.29 is 9.90 Å². The molecule has 0 unspecified atom stereocenters. The summed E-state index contributed by atoms with van der Waals surface area (Å²) in [4.78, 5) is 12.3. The summed E-state index contributed by atoms with van der Waals surface area (Å²) in [7, 11) is 0. The van der Waals surface area contributed by atoms with Crippen LogP contribution in [0.3, 0.4) is 0 Å². The summed E-state index contributed by atoms with van der Waals surface area (Å²) < 4.78 is 0. The third kappa shape index (κ3) is 1.67. The molecule has 1 aliphatic rings. The van der Waals surface area contributed by atoms with Crippen LogP contribution in [0.1, 0.15) is 39.9 Å². The van der Waals surface area contributed by atoms with Crippen LogP contribution in [-0.2, 0) is 0 Å². The average Bonchev–Trinajstić information content (AvgIpc) is 3.03. The van der Waals surface area contributed by atoms with Crippen molar-refractivity contribution in [3.05, 3.63) is 34.4 Å². The van der Waals surface area contributed by atoms with Gasteiger partial charge in [-0.1, -0.05) is 6.07 Å². The van der Waals surface area contributed by atoms with E-state index in [9.17, 15) is 9.90 Å². The lowest BCUT2D eigenvalue weighted by Gasteiger charge is -2.14. The molecule has 0 heterocycles. The Morgan fingerprint density at radius 3 is 2.25 bits per heavy atom. The maximum absolute atomic E-state index is 12.3. The molecule has 1 fully saturated rings. The van der Waals surface area contributed by atoms with Gasteiger partial charge < -0.3 is 5.11 Å². The third-order valence-electron chi connectivity index (χ3n) is 3.72. The number of rotatable bonds is 3. The molecule has 0 amide bonds. The first-order valence-corrected chi connectivity index (χ1v) is 5.74. The second-order valence-electron chi connectivity index (χ2n) is 5.02. The van der Waals surface area contributed by atoms with E-state index in [1.165, 1.54) is 5.56 Å². The summed E-state index contributed by atoms with van der Waals surface area (Å²) in [6.07, 6.45) is 1.66. The zero-order chi connectivity index (χ0) is 11.9. The van der Waals surface area contributed by atoms with Gasteiger partial charge in [-0.05, 0) is 56.4 Å². The molecule has 0 radical (unpaired) electrons. The molecule has 86 valence electrons. The van der Waals surface area contributed by atoms with Crippen molar-refractivity contribution in [1.29, 1.82) is 0 Å². The number of ketones is 1. The number of Topliss-reactive ketones (excluding diaryl/α,β-unsaturated/α-hetero) is 1. The van der Waals surface area contributed by atoms with Crippen LogP contribution in [-0.4, -0.2) is 17.5 Å². The maximum atomic E-state index is 12.3. The third-order valence-corrected chi connectivity index (χ3v) is 3.72. The first kappa shape index (κ1) is 11.3. The standard InChI is InChI=1S/C14H18O2/c1-9-6-11(3)12(7-10(9)2)13(16)14(8-15)4-5-14/h6-7,15H,4-5,8H2,1-3H3. The summed E-state index contributed by atoms with van der Waals surface area (Å²) in [5.41, 5.74) is 3.71. The van der Waals surface area contributed by atoms with Crippen LogP contribution < -0.4 is 0 Å². The van der Waals surface area contributed by atoms with E-state index in [4.69, 9.17) is 0 Å². The van der Waals surface area contributed by atoms with Gasteiger partial charge in [0.05, 0.1) is 12.0 Å². The van der Waals surface area contributed by atoms with Crippen molar-refractivity contribution in [2.45, 2.75) is 33.6 Å². The summed E-state index contributed by atoms with van der Waals surface area (Å²) >= 11 is 0. The Kier molecular flexibility index (Phi) is 2.62. The van der Waals surface area contributed by atoms with Crippen LogP contribution in [0.2, 0.25) is 0 Å². The Morgan fingerprint density at radius 2 is 1.75 bits per heavy atom. The Bertz CT molecular complexity index is 442. The monoisotopic (exact) mass is 218 g/mol. The number of carbonyl (C=O) groups excluding carboxylic acids is 1. The molecule has 16 heavy (non-hydrogen) atoms. The summed E-state index contributed by atoms with van der Waals surface area (Å²) in [5.74, 6) is 0.121. The van der Waals surface area contributed by atoms with Crippen LogP contribution in [0, 0.1) is 26.2 Å². The van der Waals surface area contributed by atoms with Crippen LogP contribution in [0.15, 0.2) is 12.1 Å². The highest BCUT2D eigenvalue weighted by atomic mass is 16.3. The SMILES string of the molecule is Cc1cc(C)c(C(=O)C2(CO)CC2)cc1C. The first-order valence-electron chi connectivity index (χ1n) is 5.74. The lowest BCUT2D eigenvalue weighted by atomic mass is 9.90. The lowest BCUT2D eigenvalue weighted by molar-refractivity contribution is 0.0829. The quantitative estimate of drug-likeness (QED) is 0.792. The van der Waals surface area contributed by atoms with E-state index in [2.05, 4.69) is 13.0 Å². The Labute approximate surface area is 96.3 Å². The topological polar surface area (TPSA) is 37.3 Å². The van der Waals surface area contributed by atoms with Crippen LogP contribution in [0.4, 0.5) is 0 Å². The first-order chi connectivity index (χ1) is 7.50. The van der Waals surface area contributed by atoms with E-state index >= 15 is 0 Å². The minimum atomic E-state index is -0.452. The van der Waals surface area contributed by atoms with Gasteiger partial charge in [0.1, 0.15) is 0 Å².